The molecule has 0 unspecified atom stereocenters. The Balaban J connectivity index is 1.49. The molecule has 0 atom stereocenters. The number of hydrogen-bond donors (Lipinski definition) is 2. The minimum atomic E-state index is -0.373. The van der Waals surface area contributed by atoms with Crippen molar-refractivity contribution in [2.75, 3.05) is 25.3 Å². The fraction of sp³-hybridized carbons (Fsp3) is 0.217. The van der Waals surface area contributed by atoms with Crippen LogP contribution in [-0.4, -0.2) is 46.6 Å². The molecule has 1 heterocycles. The highest BCUT2D eigenvalue weighted by atomic mass is 32.2. The number of carbonyl (C=O) groups excluding carboxylic acids is 2. The monoisotopic (exact) mass is 485 g/mol. The van der Waals surface area contributed by atoms with E-state index in [0.717, 1.165) is 5.56 Å². The molecule has 3 rings (SSSR count). The first kappa shape index (κ1) is 24.8. The maximum Gasteiger partial charge on any atom is 0.244 e. The number of benzene rings is 2. The molecule has 11 heteroatoms. The lowest BCUT2D eigenvalue weighted by atomic mass is 10.2. The van der Waals surface area contributed by atoms with Gasteiger partial charge in [0.25, 0.3) is 0 Å². The predicted octanol–water partition coefficient (Wildman–Crippen LogP) is 3.03. The number of nitrogens with one attached hydrogen (secondary N) is 2. The number of ether oxygens (including phenoxy) is 2. The SMILES string of the molecule is COc1ccc(/C=C/C(=O)NCc2nnc(SCC(=O)Nc3ccc(F)cc3)n2C)cc1OC. The number of methoxy groups -OCH3 is 2. The number of nitrogens with zero attached hydrogens (tertiary/aromatic N) is 3. The Bertz CT molecular complexity index is 1180. The van der Waals surface area contributed by atoms with E-state index >= 15 is 0 Å². The molecule has 2 N–H and O–H groups in total. The lowest BCUT2D eigenvalue weighted by Crippen LogP contribution is -2.22. The Morgan fingerprint density at radius 3 is 2.53 bits per heavy atom. The van der Waals surface area contributed by atoms with Crippen LogP contribution < -0.4 is 20.1 Å². The second kappa shape index (κ2) is 11.8. The van der Waals surface area contributed by atoms with Gasteiger partial charge in [-0.05, 0) is 48.0 Å². The third kappa shape index (κ3) is 6.82. The van der Waals surface area contributed by atoms with E-state index in [9.17, 15) is 14.0 Å². The summed E-state index contributed by atoms with van der Waals surface area (Å²) in [5.41, 5.74) is 1.29. The third-order valence-electron chi connectivity index (χ3n) is 4.64. The molecule has 0 radical (unpaired) electrons. The van der Waals surface area contributed by atoms with Gasteiger partial charge in [-0.2, -0.15) is 0 Å². The number of anilines is 1. The summed E-state index contributed by atoms with van der Waals surface area (Å²) in [6.07, 6.45) is 3.07. The highest BCUT2D eigenvalue weighted by molar-refractivity contribution is 7.99. The van der Waals surface area contributed by atoms with Crippen LogP contribution in [0.25, 0.3) is 6.08 Å². The molecule has 0 aliphatic carbocycles. The molecule has 0 bridgehead atoms. The molecular formula is C23H24FN5O4S. The lowest BCUT2D eigenvalue weighted by Gasteiger charge is -2.07. The molecule has 0 saturated carbocycles. The molecule has 2 amide bonds. The third-order valence-corrected chi connectivity index (χ3v) is 5.66. The molecule has 0 saturated heterocycles. The van der Waals surface area contributed by atoms with Gasteiger partial charge in [0.1, 0.15) is 5.82 Å². The molecule has 0 aliphatic heterocycles. The van der Waals surface area contributed by atoms with E-state index in [0.29, 0.717) is 28.2 Å². The normalized spacial score (nSPS) is 10.8. The van der Waals surface area contributed by atoms with E-state index in [1.165, 1.54) is 42.1 Å². The topological polar surface area (TPSA) is 107 Å². The van der Waals surface area contributed by atoms with Crippen LogP contribution in [0.1, 0.15) is 11.4 Å². The Morgan fingerprint density at radius 2 is 1.82 bits per heavy atom. The van der Waals surface area contributed by atoms with Crippen molar-refractivity contribution >= 4 is 35.3 Å². The first-order chi connectivity index (χ1) is 16.4. The van der Waals surface area contributed by atoms with Crippen LogP contribution in [-0.2, 0) is 23.2 Å². The van der Waals surface area contributed by atoms with E-state index in [2.05, 4.69) is 20.8 Å². The van der Waals surface area contributed by atoms with Gasteiger partial charge in [0.15, 0.2) is 22.5 Å². The molecule has 0 spiro atoms. The zero-order chi connectivity index (χ0) is 24.5. The van der Waals surface area contributed by atoms with Crippen LogP contribution in [0, 0.1) is 5.82 Å². The fourth-order valence-corrected chi connectivity index (χ4v) is 3.57. The Kier molecular flexibility index (Phi) is 8.63. The van der Waals surface area contributed by atoms with Crippen molar-refractivity contribution in [1.82, 2.24) is 20.1 Å². The summed E-state index contributed by atoms with van der Waals surface area (Å²) >= 11 is 1.20. The number of thioether (sulfide) groups is 1. The molecular weight excluding hydrogens is 461 g/mol. The van der Waals surface area contributed by atoms with Gasteiger partial charge in [-0.3, -0.25) is 9.59 Å². The van der Waals surface area contributed by atoms with E-state index in [4.69, 9.17) is 9.47 Å². The predicted molar refractivity (Wildman–Crippen MR) is 127 cm³/mol. The van der Waals surface area contributed by atoms with E-state index < -0.39 is 0 Å². The molecule has 0 fully saturated rings. The highest BCUT2D eigenvalue weighted by Crippen LogP contribution is 2.28. The van der Waals surface area contributed by atoms with Crippen LogP contribution in [0.3, 0.4) is 0 Å². The summed E-state index contributed by atoms with van der Waals surface area (Å²) in [5, 5.41) is 14.1. The average Bonchev–Trinajstić information content (AvgIpc) is 3.20. The van der Waals surface area contributed by atoms with Crippen molar-refractivity contribution in [3.63, 3.8) is 0 Å². The van der Waals surface area contributed by atoms with Gasteiger partial charge < -0.3 is 24.7 Å². The van der Waals surface area contributed by atoms with Gasteiger partial charge in [0.2, 0.25) is 11.8 Å². The number of rotatable bonds is 10. The van der Waals surface area contributed by atoms with Crippen LogP contribution in [0.5, 0.6) is 11.5 Å². The van der Waals surface area contributed by atoms with Crippen molar-refractivity contribution < 1.29 is 23.5 Å². The Hall–Kier alpha value is -3.86. The van der Waals surface area contributed by atoms with Gasteiger partial charge in [0, 0.05) is 18.8 Å². The van der Waals surface area contributed by atoms with Gasteiger partial charge in [0.05, 0.1) is 26.5 Å². The molecule has 1 aromatic heterocycles. The molecule has 9 nitrogen and oxygen atoms in total. The summed E-state index contributed by atoms with van der Waals surface area (Å²) in [6.45, 7) is 0.168. The first-order valence-electron chi connectivity index (χ1n) is 10.1. The van der Waals surface area contributed by atoms with Crippen LogP contribution in [0.2, 0.25) is 0 Å². The minimum Gasteiger partial charge on any atom is -0.493 e. The van der Waals surface area contributed by atoms with Crippen molar-refractivity contribution in [3.8, 4) is 11.5 Å². The van der Waals surface area contributed by atoms with Crippen LogP contribution in [0.15, 0.2) is 53.7 Å². The minimum absolute atomic E-state index is 0.101. The van der Waals surface area contributed by atoms with Gasteiger partial charge >= 0.3 is 0 Å². The van der Waals surface area contributed by atoms with Crippen LogP contribution in [0.4, 0.5) is 10.1 Å². The number of carbonyl (C=O) groups is 2. The maximum absolute atomic E-state index is 13.0. The molecule has 2 aromatic carbocycles. The summed E-state index contributed by atoms with van der Waals surface area (Å²) in [6, 6.07) is 10.9. The van der Waals surface area contributed by atoms with Crippen molar-refractivity contribution in [3.05, 3.63) is 65.7 Å². The van der Waals surface area contributed by atoms with Crippen molar-refractivity contribution in [2.24, 2.45) is 7.05 Å². The van der Waals surface area contributed by atoms with Crippen molar-refractivity contribution in [2.45, 2.75) is 11.7 Å². The second-order valence-electron chi connectivity index (χ2n) is 6.97. The molecule has 0 aliphatic rings. The maximum atomic E-state index is 13.0. The summed E-state index contributed by atoms with van der Waals surface area (Å²) in [4.78, 5) is 24.3. The second-order valence-corrected chi connectivity index (χ2v) is 7.91. The fourth-order valence-electron chi connectivity index (χ4n) is 2.84. The van der Waals surface area contributed by atoms with Crippen LogP contribution >= 0.6 is 11.8 Å². The summed E-state index contributed by atoms with van der Waals surface area (Å²) in [5.74, 6) is 0.884. The largest absolute Gasteiger partial charge is 0.493 e. The molecule has 3 aromatic rings. The Labute approximate surface area is 200 Å². The quantitative estimate of drug-likeness (QED) is 0.336. The number of aromatic nitrogens is 3. The standard InChI is InChI=1S/C23H24FN5O4S/c1-29-20(13-25-21(30)11-5-15-4-10-18(32-2)19(12-15)33-3)27-28-23(29)34-14-22(31)26-17-8-6-16(24)7-9-17/h4-12H,13-14H2,1-3H3,(H,25,30)(H,26,31)/b11-5+. The average molecular weight is 486 g/mol. The zero-order valence-electron chi connectivity index (χ0n) is 18.9. The first-order valence-corrected chi connectivity index (χ1v) is 11.1. The number of hydrogen-bond acceptors (Lipinski definition) is 7. The molecule has 178 valence electrons. The Morgan fingerprint density at radius 1 is 1.09 bits per heavy atom. The van der Waals surface area contributed by atoms with E-state index in [1.54, 1.807) is 44.0 Å². The highest BCUT2D eigenvalue weighted by Gasteiger charge is 2.12. The van der Waals surface area contributed by atoms with E-state index in [1.807, 2.05) is 6.07 Å². The van der Waals surface area contributed by atoms with Crippen molar-refractivity contribution in [1.29, 1.82) is 0 Å². The summed E-state index contributed by atoms with van der Waals surface area (Å²) < 4.78 is 25.1. The van der Waals surface area contributed by atoms with Gasteiger partial charge in [-0.15, -0.1) is 10.2 Å². The zero-order valence-corrected chi connectivity index (χ0v) is 19.7. The van der Waals surface area contributed by atoms with E-state index in [-0.39, 0.29) is 29.9 Å². The van der Waals surface area contributed by atoms with Gasteiger partial charge in [-0.25, -0.2) is 4.39 Å². The summed E-state index contributed by atoms with van der Waals surface area (Å²) in [7, 11) is 4.85. The smallest absolute Gasteiger partial charge is 0.244 e. The number of amides is 2. The number of halogens is 1. The van der Waals surface area contributed by atoms with Gasteiger partial charge in [-0.1, -0.05) is 17.8 Å². The molecule has 34 heavy (non-hydrogen) atoms. The lowest BCUT2D eigenvalue weighted by molar-refractivity contribution is -0.116.